The van der Waals surface area contributed by atoms with E-state index >= 15 is 0 Å². The van der Waals surface area contributed by atoms with Gasteiger partial charge in [-0.3, -0.25) is 14.5 Å². The van der Waals surface area contributed by atoms with Crippen LogP contribution in [0.25, 0.3) is 5.76 Å². The molecule has 1 heterocycles. The summed E-state index contributed by atoms with van der Waals surface area (Å²) in [7, 11) is 1.46. The lowest BCUT2D eigenvalue weighted by Crippen LogP contribution is -2.30. The first kappa shape index (κ1) is 27.3. The number of para-hydroxylation sites is 2. The zero-order valence-electron chi connectivity index (χ0n) is 22.2. The minimum absolute atomic E-state index is 0.0515. The molecule has 0 aliphatic carbocycles. The summed E-state index contributed by atoms with van der Waals surface area (Å²) in [5.74, 6) is -1.12. The lowest BCUT2D eigenvalue weighted by Gasteiger charge is -2.28. The van der Waals surface area contributed by atoms with Crippen LogP contribution in [0.4, 0.5) is 5.69 Å². The van der Waals surface area contributed by atoms with E-state index in [9.17, 15) is 14.7 Å². The van der Waals surface area contributed by atoms with Gasteiger partial charge in [-0.25, -0.2) is 0 Å². The first-order valence-electron chi connectivity index (χ1n) is 12.6. The van der Waals surface area contributed by atoms with Crippen LogP contribution in [0.3, 0.4) is 0 Å². The Kier molecular flexibility index (Phi) is 7.83. The van der Waals surface area contributed by atoms with E-state index in [1.165, 1.54) is 18.1 Å². The second-order valence-corrected chi connectivity index (χ2v) is 10.6. The van der Waals surface area contributed by atoms with Crippen LogP contribution < -0.4 is 14.4 Å². The van der Waals surface area contributed by atoms with Crippen molar-refractivity contribution in [1.82, 2.24) is 0 Å². The van der Waals surface area contributed by atoms with Crippen molar-refractivity contribution in [2.45, 2.75) is 45.6 Å². The Morgan fingerprint density at radius 1 is 1.00 bits per heavy atom. The molecule has 6 nitrogen and oxygen atoms in total. The number of hydrogen-bond donors (Lipinski definition) is 1. The van der Waals surface area contributed by atoms with Gasteiger partial charge in [0.1, 0.15) is 17.3 Å². The van der Waals surface area contributed by atoms with E-state index < -0.39 is 17.7 Å². The molecule has 198 valence electrons. The molecule has 38 heavy (non-hydrogen) atoms. The first-order valence-corrected chi connectivity index (χ1v) is 12.9. The summed E-state index contributed by atoms with van der Waals surface area (Å²) >= 11 is 6.23. The molecule has 0 spiro atoms. The number of hydrogen-bond acceptors (Lipinski definition) is 5. The summed E-state index contributed by atoms with van der Waals surface area (Å²) in [6, 6.07) is 18.7. The van der Waals surface area contributed by atoms with Gasteiger partial charge < -0.3 is 14.6 Å². The summed E-state index contributed by atoms with van der Waals surface area (Å²) in [4.78, 5) is 28.6. The molecular formula is C31H32ClNO5. The Morgan fingerprint density at radius 3 is 2.32 bits per heavy atom. The third-order valence-corrected chi connectivity index (χ3v) is 6.78. The molecule has 1 fully saturated rings. The van der Waals surface area contributed by atoms with Gasteiger partial charge >= 0.3 is 0 Å². The number of rotatable bonds is 7. The number of Topliss-reactive ketones (excluding diaryl/α,β-unsaturated/α-hetero) is 1. The highest BCUT2D eigenvalue weighted by Gasteiger charge is 2.48. The van der Waals surface area contributed by atoms with Gasteiger partial charge in [0.25, 0.3) is 11.7 Å². The van der Waals surface area contributed by atoms with Crippen molar-refractivity contribution in [3.05, 3.63) is 94.0 Å². The lowest BCUT2D eigenvalue weighted by molar-refractivity contribution is -0.132. The molecule has 1 saturated heterocycles. The van der Waals surface area contributed by atoms with Crippen LogP contribution in [0.5, 0.6) is 11.5 Å². The first-order chi connectivity index (χ1) is 18.1. The molecule has 4 rings (SSSR count). The van der Waals surface area contributed by atoms with Gasteiger partial charge in [-0.2, -0.15) is 0 Å². The van der Waals surface area contributed by atoms with Crippen molar-refractivity contribution in [3.63, 3.8) is 0 Å². The van der Waals surface area contributed by atoms with Crippen molar-refractivity contribution in [1.29, 1.82) is 0 Å². The van der Waals surface area contributed by atoms with E-state index in [-0.39, 0.29) is 22.3 Å². The predicted octanol–water partition coefficient (Wildman–Crippen LogP) is 7.06. The average molecular weight is 534 g/mol. The molecule has 3 aromatic rings. The van der Waals surface area contributed by atoms with Crippen molar-refractivity contribution >= 4 is 34.7 Å². The highest BCUT2D eigenvalue weighted by Crippen LogP contribution is 2.46. The molecule has 0 radical (unpaired) electrons. The molecule has 1 N–H and O–H groups in total. The maximum absolute atomic E-state index is 13.6. The topological polar surface area (TPSA) is 76.1 Å². The second-order valence-electron chi connectivity index (χ2n) is 10.2. The van der Waals surface area contributed by atoms with Gasteiger partial charge in [-0.15, -0.1) is 0 Å². The monoisotopic (exact) mass is 533 g/mol. The van der Waals surface area contributed by atoms with Gasteiger partial charge in [0, 0.05) is 5.02 Å². The molecule has 3 aromatic carbocycles. The van der Waals surface area contributed by atoms with Crippen LogP contribution in [0.2, 0.25) is 5.02 Å². The molecule has 1 atom stereocenters. The van der Waals surface area contributed by atoms with Crippen molar-refractivity contribution in [2.24, 2.45) is 0 Å². The number of halogens is 1. The van der Waals surface area contributed by atoms with Crippen molar-refractivity contribution in [2.75, 3.05) is 18.6 Å². The van der Waals surface area contributed by atoms with Crippen LogP contribution in [-0.4, -0.2) is 30.5 Å². The highest BCUT2D eigenvalue weighted by molar-refractivity contribution is 6.52. The SMILES string of the molecule is CCCOc1ccccc1N1C(=O)C(=O)/C(=C(/O)c2cc(Cl)ccc2OC)C1c1ccc(C(C)(C)C)cc1. The van der Waals surface area contributed by atoms with E-state index in [0.29, 0.717) is 34.4 Å². The van der Waals surface area contributed by atoms with Gasteiger partial charge in [0.15, 0.2) is 0 Å². The fraction of sp³-hybridized carbons (Fsp3) is 0.290. The largest absolute Gasteiger partial charge is 0.507 e. The van der Waals surface area contributed by atoms with Gasteiger partial charge in [0.05, 0.1) is 36.6 Å². The van der Waals surface area contributed by atoms with Crippen molar-refractivity contribution in [3.8, 4) is 11.5 Å². The third kappa shape index (κ3) is 5.14. The Morgan fingerprint density at radius 2 is 1.68 bits per heavy atom. The van der Waals surface area contributed by atoms with Crippen molar-refractivity contribution < 1.29 is 24.2 Å². The Balaban J connectivity index is 1.98. The normalized spacial score (nSPS) is 17.1. The Bertz CT molecular complexity index is 1390. The third-order valence-electron chi connectivity index (χ3n) is 6.54. The summed E-state index contributed by atoms with van der Waals surface area (Å²) < 4.78 is 11.4. The average Bonchev–Trinajstić information content (AvgIpc) is 3.16. The number of carbonyl (C=O) groups is 2. The summed E-state index contributed by atoms with van der Waals surface area (Å²) in [5.41, 5.74) is 2.31. The number of amides is 1. The second kappa shape index (κ2) is 10.9. The zero-order valence-corrected chi connectivity index (χ0v) is 23.0. The number of aliphatic hydroxyl groups is 1. The smallest absolute Gasteiger partial charge is 0.300 e. The number of nitrogens with zero attached hydrogens (tertiary/aromatic N) is 1. The molecule has 7 heteroatoms. The minimum Gasteiger partial charge on any atom is -0.507 e. The maximum Gasteiger partial charge on any atom is 0.300 e. The number of carbonyl (C=O) groups excluding carboxylic acids is 2. The highest BCUT2D eigenvalue weighted by atomic mass is 35.5. The fourth-order valence-corrected chi connectivity index (χ4v) is 4.73. The van der Waals surface area contributed by atoms with Gasteiger partial charge in [-0.1, -0.05) is 75.7 Å². The molecule has 0 aromatic heterocycles. The van der Waals surface area contributed by atoms with Crippen LogP contribution in [0, 0.1) is 0 Å². The summed E-state index contributed by atoms with van der Waals surface area (Å²) in [5, 5.41) is 11.9. The molecule has 0 bridgehead atoms. The van der Waals surface area contributed by atoms with Crippen LogP contribution in [0.15, 0.2) is 72.3 Å². The number of anilines is 1. The number of aliphatic hydroxyl groups excluding tert-OH is 1. The lowest BCUT2D eigenvalue weighted by atomic mass is 9.85. The van der Waals surface area contributed by atoms with Gasteiger partial charge in [0.2, 0.25) is 0 Å². The molecule has 1 aliphatic heterocycles. The van der Waals surface area contributed by atoms with Crippen LogP contribution >= 0.6 is 11.6 Å². The summed E-state index contributed by atoms with van der Waals surface area (Å²) in [6.45, 7) is 8.78. The molecule has 1 aliphatic rings. The number of benzene rings is 3. The van der Waals surface area contributed by atoms with E-state index in [1.807, 2.05) is 37.3 Å². The van der Waals surface area contributed by atoms with E-state index in [1.54, 1.807) is 30.3 Å². The maximum atomic E-state index is 13.6. The molecule has 0 saturated carbocycles. The fourth-order valence-electron chi connectivity index (χ4n) is 4.56. The van der Waals surface area contributed by atoms with Gasteiger partial charge in [-0.05, 0) is 53.3 Å². The number of ketones is 1. The van der Waals surface area contributed by atoms with E-state index in [2.05, 4.69) is 20.8 Å². The summed E-state index contributed by atoms with van der Waals surface area (Å²) in [6.07, 6.45) is 0.777. The van der Waals surface area contributed by atoms with Crippen LogP contribution in [-0.2, 0) is 15.0 Å². The standard InChI is InChI=1S/C31H32ClNO5/c1-6-17-38-25-10-8-7-9-23(25)33-27(19-11-13-20(14-12-19)31(2,3)4)26(29(35)30(33)36)28(34)22-18-21(32)15-16-24(22)37-5/h7-16,18,27,34H,6,17H2,1-5H3/b28-26+. The molecular weight excluding hydrogens is 502 g/mol. The zero-order chi connectivity index (χ0) is 27.6. The van der Waals surface area contributed by atoms with E-state index in [0.717, 1.165) is 12.0 Å². The number of ether oxygens (including phenoxy) is 2. The molecule has 1 unspecified atom stereocenters. The Hall–Kier alpha value is -3.77. The predicted molar refractivity (Wildman–Crippen MR) is 150 cm³/mol. The Labute approximate surface area is 228 Å². The number of methoxy groups -OCH3 is 1. The van der Waals surface area contributed by atoms with E-state index in [4.69, 9.17) is 21.1 Å². The van der Waals surface area contributed by atoms with Crippen LogP contribution in [0.1, 0.15) is 56.8 Å². The quantitative estimate of drug-likeness (QED) is 0.200. The molecule has 1 amide bonds. The minimum atomic E-state index is -0.904.